The monoisotopic (exact) mass is 258 g/mol. The fraction of sp³-hybridized carbons (Fsp3) is 0.182. The van der Waals surface area contributed by atoms with Gasteiger partial charge in [-0.05, 0) is 18.2 Å². The second-order valence-corrected chi connectivity index (χ2v) is 3.59. The van der Waals surface area contributed by atoms with Crippen LogP contribution in [0.25, 0.3) is 10.9 Å². The van der Waals surface area contributed by atoms with E-state index < -0.39 is 11.9 Å². The number of aromatic nitrogens is 1. The highest BCUT2D eigenvalue weighted by atomic mass is 19.4. The smallest absolute Gasteiger partial charge is 0.482 e. The normalized spacial score (nSPS) is 11.6. The Bertz CT molecular complexity index is 634. The molecule has 0 aliphatic carbocycles. The summed E-state index contributed by atoms with van der Waals surface area (Å²) in [5.74, 6) is 0.110. The van der Waals surface area contributed by atoms with Gasteiger partial charge in [-0.1, -0.05) is 6.07 Å². The van der Waals surface area contributed by atoms with E-state index in [1.165, 1.54) is 36.7 Å². The Balaban J connectivity index is 2.49. The lowest BCUT2D eigenvalue weighted by Crippen LogP contribution is -2.20. The van der Waals surface area contributed by atoms with Gasteiger partial charge in [-0.2, -0.15) is 13.2 Å². The highest BCUT2D eigenvalue weighted by Gasteiger charge is 2.26. The number of anilines is 1. The number of aromatic amines is 1. The van der Waals surface area contributed by atoms with Crippen molar-refractivity contribution >= 4 is 16.6 Å². The fourth-order valence-corrected chi connectivity index (χ4v) is 1.57. The van der Waals surface area contributed by atoms with Crippen molar-refractivity contribution in [3.63, 3.8) is 0 Å². The fourth-order valence-electron chi connectivity index (χ4n) is 1.57. The van der Waals surface area contributed by atoms with E-state index in [9.17, 15) is 18.0 Å². The third-order valence-electron chi connectivity index (χ3n) is 2.32. The highest BCUT2D eigenvalue weighted by molar-refractivity contribution is 5.83. The van der Waals surface area contributed by atoms with Crippen molar-refractivity contribution in [2.75, 3.05) is 12.4 Å². The SMILES string of the molecule is COc1cc2ccc(NC(F)(F)F)cc2[nH]c1=O. The molecule has 1 heterocycles. The minimum Gasteiger partial charge on any atom is -0.491 e. The van der Waals surface area contributed by atoms with E-state index in [0.717, 1.165) is 0 Å². The van der Waals surface area contributed by atoms with Crippen LogP contribution in [0.4, 0.5) is 18.9 Å². The van der Waals surface area contributed by atoms with E-state index in [4.69, 9.17) is 4.74 Å². The van der Waals surface area contributed by atoms with Gasteiger partial charge in [0.2, 0.25) is 0 Å². The maximum Gasteiger partial charge on any atom is 0.482 e. The van der Waals surface area contributed by atoms with Gasteiger partial charge in [0.25, 0.3) is 5.56 Å². The molecule has 0 aliphatic rings. The lowest BCUT2D eigenvalue weighted by molar-refractivity contribution is -0.0999. The number of rotatable bonds is 2. The van der Waals surface area contributed by atoms with Gasteiger partial charge in [0, 0.05) is 11.1 Å². The van der Waals surface area contributed by atoms with Gasteiger partial charge in [0.15, 0.2) is 5.75 Å². The highest BCUT2D eigenvalue weighted by Crippen LogP contribution is 2.23. The average molecular weight is 258 g/mol. The number of fused-ring (bicyclic) bond motifs is 1. The number of benzene rings is 1. The van der Waals surface area contributed by atoms with Crippen LogP contribution in [0.1, 0.15) is 0 Å². The van der Waals surface area contributed by atoms with Crippen LogP contribution in [0.5, 0.6) is 5.75 Å². The Labute approximate surface area is 99.4 Å². The van der Waals surface area contributed by atoms with E-state index in [2.05, 4.69) is 4.98 Å². The van der Waals surface area contributed by atoms with Crippen molar-refractivity contribution in [1.29, 1.82) is 0 Å². The Kier molecular flexibility index (Phi) is 2.90. The lowest BCUT2D eigenvalue weighted by atomic mass is 10.2. The first-order valence-electron chi connectivity index (χ1n) is 4.95. The zero-order valence-corrected chi connectivity index (χ0v) is 9.26. The quantitative estimate of drug-likeness (QED) is 0.813. The largest absolute Gasteiger partial charge is 0.491 e. The van der Waals surface area contributed by atoms with E-state index in [1.807, 2.05) is 0 Å². The molecule has 2 N–H and O–H groups in total. The topological polar surface area (TPSA) is 54.1 Å². The zero-order chi connectivity index (χ0) is 13.3. The molecular weight excluding hydrogens is 249 g/mol. The predicted molar refractivity (Wildman–Crippen MR) is 60.8 cm³/mol. The molecule has 0 saturated heterocycles. The first-order chi connectivity index (χ1) is 8.39. The van der Waals surface area contributed by atoms with E-state index in [0.29, 0.717) is 10.9 Å². The number of H-pyrrole nitrogens is 1. The van der Waals surface area contributed by atoms with Crippen LogP contribution in [0.3, 0.4) is 0 Å². The van der Waals surface area contributed by atoms with Crippen molar-refractivity contribution in [3.8, 4) is 5.75 Å². The predicted octanol–water partition coefficient (Wildman–Crippen LogP) is 2.47. The Morgan fingerprint density at radius 2 is 2.00 bits per heavy atom. The van der Waals surface area contributed by atoms with Gasteiger partial charge in [0.1, 0.15) is 0 Å². The van der Waals surface area contributed by atoms with Gasteiger partial charge < -0.3 is 9.72 Å². The van der Waals surface area contributed by atoms with Gasteiger partial charge >= 0.3 is 6.30 Å². The molecule has 96 valence electrons. The minimum atomic E-state index is -4.51. The number of nitrogens with one attached hydrogen (secondary N) is 2. The Morgan fingerprint density at radius 1 is 1.28 bits per heavy atom. The summed E-state index contributed by atoms with van der Waals surface area (Å²) < 4.78 is 41.2. The third kappa shape index (κ3) is 2.55. The molecule has 7 heteroatoms. The van der Waals surface area contributed by atoms with Gasteiger partial charge in [0.05, 0.1) is 12.6 Å². The molecule has 0 aliphatic heterocycles. The number of halogens is 3. The second kappa shape index (κ2) is 4.25. The van der Waals surface area contributed by atoms with Crippen LogP contribution in [0.15, 0.2) is 29.1 Å². The molecule has 2 rings (SSSR count). The molecule has 4 nitrogen and oxygen atoms in total. The van der Waals surface area contributed by atoms with E-state index in [-0.39, 0.29) is 11.4 Å². The molecule has 0 bridgehead atoms. The number of hydrogen-bond acceptors (Lipinski definition) is 3. The zero-order valence-electron chi connectivity index (χ0n) is 9.26. The van der Waals surface area contributed by atoms with Crippen LogP contribution in [-0.4, -0.2) is 18.4 Å². The van der Waals surface area contributed by atoms with E-state index >= 15 is 0 Å². The van der Waals surface area contributed by atoms with E-state index in [1.54, 1.807) is 0 Å². The van der Waals surface area contributed by atoms with Crippen molar-refractivity contribution in [1.82, 2.24) is 4.98 Å². The second-order valence-electron chi connectivity index (χ2n) is 3.59. The van der Waals surface area contributed by atoms with Crippen LogP contribution in [0, 0.1) is 0 Å². The van der Waals surface area contributed by atoms with Gasteiger partial charge in [-0.3, -0.25) is 10.1 Å². The summed E-state index contributed by atoms with van der Waals surface area (Å²) in [5.41, 5.74) is -0.333. The molecular formula is C11H9F3N2O2. The number of alkyl halides is 3. The lowest BCUT2D eigenvalue weighted by Gasteiger charge is -2.10. The summed E-state index contributed by atoms with van der Waals surface area (Å²) in [4.78, 5) is 13.9. The molecule has 2 aromatic rings. The van der Waals surface area contributed by atoms with Crippen LogP contribution in [-0.2, 0) is 0 Å². The summed E-state index contributed by atoms with van der Waals surface area (Å²) in [6.45, 7) is 0. The molecule has 0 fully saturated rings. The summed E-state index contributed by atoms with van der Waals surface area (Å²) in [6, 6.07) is 5.41. The summed E-state index contributed by atoms with van der Waals surface area (Å²) in [7, 11) is 1.34. The van der Waals surface area contributed by atoms with Crippen LogP contribution in [0.2, 0.25) is 0 Å². The average Bonchev–Trinajstić information content (AvgIpc) is 2.25. The maximum atomic E-state index is 12.1. The first-order valence-corrected chi connectivity index (χ1v) is 4.95. The molecule has 0 amide bonds. The summed E-state index contributed by atoms with van der Waals surface area (Å²) >= 11 is 0. The molecule has 1 aromatic heterocycles. The number of hydrogen-bond donors (Lipinski definition) is 2. The number of pyridine rings is 1. The van der Waals surface area contributed by atoms with Crippen molar-refractivity contribution in [2.24, 2.45) is 0 Å². The first kappa shape index (κ1) is 12.3. The summed E-state index contributed by atoms with van der Waals surface area (Å²) in [5, 5.41) is 1.95. The molecule has 0 radical (unpaired) electrons. The molecule has 1 aromatic carbocycles. The Hall–Kier alpha value is -2.18. The molecule has 0 unspecified atom stereocenters. The number of ether oxygens (including phenoxy) is 1. The summed E-state index contributed by atoms with van der Waals surface area (Å²) in [6.07, 6.45) is -4.51. The standard InChI is InChI=1S/C11H9F3N2O2/c1-18-9-4-6-2-3-7(16-11(12,13)14)5-8(6)15-10(9)17/h2-5,16H,1H3,(H,15,17). The number of methoxy groups -OCH3 is 1. The molecule has 0 spiro atoms. The Morgan fingerprint density at radius 3 is 2.61 bits per heavy atom. The maximum absolute atomic E-state index is 12.1. The van der Waals surface area contributed by atoms with Crippen LogP contribution >= 0.6 is 0 Å². The van der Waals surface area contributed by atoms with Crippen molar-refractivity contribution < 1.29 is 17.9 Å². The van der Waals surface area contributed by atoms with Crippen molar-refractivity contribution in [3.05, 3.63) is 34.6 Å². The molecule has 18 heavy (non-hydrogen) atoms. The van der Waals surface area contributed by atoms with Gasteiger partial charge in [-0.25, -0.2) is 0 Å². The molecule has 0 atom stereocenters. The minimum absolute atomic E-state index is 0.110. The van der Waals surface area contributed by atoms with Crippen molar-refractivity contribution in [2.45, 2.75) is 6.30 Å². The third-order valence-corrected chi connectivity index (χ3v) is 2.32. The van der Waals surface area contributed by atoms with Gasteiger partial charge in [-0.15, -0.1) is 0 Å². The molecule has 0 saturated carbocycles. The van der Waals surface area contributed by atoms with Crippen LogP contribution < -0.4 is 15.6 Å².